The van der Waals surface area contributed by atoms with E-state index in [4.69, 9.17) is 0 Å². The molecule has 2 nitrogen and oxygen atoms in total. The van der Waals surface area contributed by atoms with Crippen molar-refractivity contribution in [3.63, 3.8) is 0 Å². The molecule has 0 heterocycles. The lowest BCUT2D eigenvalue weighted by atomic mass is 9.86. The maximum Gasteiger partial charge on any atom is 0.0602 e. The van der Waals surface area contributed by atoms with Crippen LogP contribution >= 0.6 is 0 Å². The van der Waals surface area contributed by atoms with Gasteiger partial charge in [-0.15, -0.1) is 13.2 Å². The smallest absolute Gasteiger partial charge is 0.0602 e. The highest BCUT2D eigenvalue weighted by Gasteiger charge is 2.20. The Kier molecular flexibility index (Phi) is 11.8. The molecule has 0 aliphatic carbocycles. The molecule has 0 amide bonds. The normalized spacial score (nSPS) is 17.2. The number of aliphatic hydroxyl groups excluding tert-OH is 2. The van der Waals surface area contributed by atoms with Crippen LogP contribution < -0.4 is 0 Å². The Morgan fingerprint density at radius 2 is 1.10 bits per heavy atom. The van der Waals surface area contributed by atoms with Gasteiger partial charge in [-0.3, -0.25) is 0 Å². The Morgan fingerprint density at radius 3 is 1.35 bits per heavy atom. The van der Waals surface area contributed by atoms with Crippen LogP contribution in [0.15, 0.2) is 25.3 Å². The lowest BCUT2D eigenvalue weighted by molar-refractivity contribution is 0.0901. The van der Waals surface area contributed by atoms with Gasteiger partial charge in [0.25, 0.3) is 0 Å². The molecule has 0 radical (unpaired) electrons. The third-order valence-corrected chi connectivity index (χ3v) is 4.13. The van der Waals surface area contributed by atoms with Gasteiger partial charge in [-0.05, 0) is 25.7 Å². The molecular weight excluding hydrogens is 248 g/mol. The first kappa shape index (κ1) is 19.4. The summed E-state index contributed by atoms with van der Waals surface area (Å²) in [6, 6.07) is 0. The van der Waals surface area contributed by atoms with Crippen molar-refractivity contribution in [3.05, 3.63) is 25.3 Å². The summed E-state index contributed by atoms with van der Waals surface area (Å²) in [4.78, 5) is 0. The minimum absolute atomic E-state index is 0.127. The zero-order chi connectivity index (χ0) is 15.4. The van der Waals surface area contributed by atoms with E-state index in [1.165, 1.54) is 0 Å². The van der Waals surface area contributed by atoms with E-state index in [-0.39, 0.29) is 24.0 Å². The van der Waals surface area contributed by atoms with Crippen molar-refractivity contribution in [1.82, 2.24) is 0 Å². The topological polar surface area (TPSA) is 40.5 Å². The van der Waals surface area contributed by atoms with Crippen LogP contribution in [0.2, 0.25) is 0 Å². The van der Waals surface area contributed by atoms with Crippen molar-refractivity contribution < 1.29 is 10.2 Å². The largest absolute Gasteiger partial charge is 0.393 e. The van der Waals surface area contributed by atoms with Gasteiger partial charge in [-0.1, -0.05) is 51.7 Å². The fraction of sp³-hybridized carbons (Fsp3) is 0.778. The van der Waals surface area contributed by atoms with E-state index in [0.717, 1.165) is 51.4 Å². The Morgan fingerprint density at radius 1 is 0.750 bits per heavy atom. The van der Waals surface area contributed by atoms with E-state index in [0.29, 0.717) is 0 Å². The van der Waals surface area contributed by atoms with Gasteiger partial charge < -0.3 is 10.2 Å². The van der Waals surface area contributed by atoms with Crippen LogP contribution in [0.3, 0.4) is 0 Å². The van der Waals surface area contributed by atoms with Crippen LogP contribution in [0.5, 0.6) is 0 Å². The molecule has 118 valence electrons. The van der Waals surface area contributed by atoms with Gasteiger partial charge >= 0.3 is 0 Å². The molecule has 0 aliphatic rings. The van der Waals surface area contributed by atoms with Gasteiger partial charge in [0.05, 0.1) is 12.2 Å². The number of hydrogen-bond acceptors (Lipinski definition) is 2. The van der Waals surface area contributed by atoms with E-state index in [2.05, 4.69) is 27.0 Å². The lowest BCUT2D eigenvalue weighted by Crippen LogP contribution is -2.23. The minimum Gasteiger partial charge on any atom is -0.393 e. The first-order valence-electron chi connectivity index (χ1n) is 8.21. The average molecular weight is 282 g/mol. The summed E-state index contributed by atoms with van der Waals surface area (Å²) in [5, 5.41) is 20.3. The molecule has 4 atom stereocenters. The van der Waals surface area contributed by atoms with Crippen molar-refractivity contribution >= 4 is 0 Å². The van der Waals surface area contributed by atoms with Gasteiger partial charge in [0.1, 0.15) is 0 Å². The molecule has 0 aromatic heterocycles. The number of hydrogen-bond donors (Lipinski definition) is 2. The summed E-state index contributed by atoms with van der Waals surface area (Å²) in [6.07, 6.45) is 10.8. The molecule has 0 aromatic carbocycles. The highest BCUT2D eigenvalue weighted by molar-refractivity contribution is 4.89. The van der Waals surface area contributed by atoms with E-state index in [9.17, 15) is 10.2 Å². The van der Waals surface area contributed by atoms with Crippen LogP contribution in [-0.2, 0) is 0 Å². The molecule has 0 spiro atoms. The van der Waals surface area contributed by atoms with Crippen molar-refractivity contribution in [3.8, 4) is 0 Å². The molecule has 0 aromatic rings. The fourth-order valence-corrected chi connectivity index (χ4v) is 2.57. The van der Waals surface area contributed by atoms with Crippen LogP contribution in [0.1, 0.15) is 65.2 Å². The fourth-order valence-electron chi connectivity index (χ4n) is 2.57. The lowest BCUT2D eigenvalue weighted by Gasteiger charge is -2.24. The summed E-state index contributed by atoms with van der Waals surface area (Å²) in [5.74, 6) is 0.254. The molecule has 0 saturated heterocycles. The van der Waals surface area contributed by atoms with Crippen LogP contribution in [0.25, 0.3) is 0 Å². The van der Waals surface area contributed by atoms with Crippen LogP contribution in [0.4, 0.5) is 0 Å². The van der Waals surface area contributed by atoms with Crippen molar-refractivity contribution in [2.24, 2.45) is 11.8 Å². The van der Waals surface area contributed by atoms with E-state index < -0.39 is 0 Å². The molecule has 2 N–H and O–H groups in total. The van der Waals surface area contributed by atoms with Gasteiger partial charge in [0.15, 0.2) is 0 Å². The van der Waals surface area contributed by atoms with E-state index >= 15 is 0 Å². The van der Waals surface area contributed by atoms with Crippen molar-refractivity contribution in [2.45, 2.75) is 77.4 Å². The monoisotopic (exact) mass is 282 g/mol. The highest BCUT2D eigenvalue weighted by Crippen LogP contribution is 2.24. The average Bonchev–Trinajstić information content (AvgIpc) is 2.46. The summed E-state index contributed by atoms with van der Waals surface area (Å²) >= 11 is 0. The quantitative estimate of drug-likeness (QED) is 0.489. The van der Waals surface area contributed by atoms with E-state index in [1.54, 1.807) is 0 Å². The molecule has 0 rings (SSSR count). The second-order valence-electron chi connectivity index (χ2n) is 5.80. The van der Waals surface area contributed by atoms with Gasteiger partial charge in [-0.2, -0.15) is 0 Å². The van der Waals surface area contributed by atoms with Gasteiger partial charge in [0.2, 0.25) is 0 Å². The Bertz CT molecular complexity index is 224. The Balaban J connectivity index is 4.23. The zero-order valence-corrected chi connectivity index (χ0v) is 13.4. The molecule has 0 bridgehead atoms. The van der Waals surface area contributed by atoms with Gasteiger partial charge in [-0.25, -0.2) is 0 Å². The van der Waals surface area contributed by atoms with E-state index in [1.807, 2.05) is 12.2 Å². The number of rotatable bonds is 13. The molecule has 0 fully saturated rings. The Hall–Kier alpha value is -0.600. The second kappa shape index (κ2) is 12.2. The SMILES string of the molecule is C=C[C@H](CC[C@H](C=C)[C@H](O)CCCC)[C@@H](O)CCCC. The van der Waals surface area contributed by atoms with Crippen molar-refractivity contribution in [1.29, 1.82) is 0 Å². The maximum absolute atomic E-state index is 10.1. The number of aliphatic hydroxyl groups is 2. The molecule has 20 heavy (non-hydrogen) atoms. The minimum atomic E-state index is -0.300. The summed E-state index contributed by atoms with van der Waals surface area (Å²) < 4.78 is 0. The van der Waals surface area contributed by atoms with Crippen LogP contribution in [0, 0.1) is 11.8 Å². The third-order valence-electron chi connectivity index (χ3n) is 4.13. The number of unbranched alkanes of at least 4 members (excludes halogenated alkanes) is 2. The predicted octanol–water partition coefficient (Wildman–Crippen LogP) is 4.47. The Labute approximate surface area is 125 Å². The third kappa shape index (κ3) is 7.86. The van der Waals surface area contributed by atoms with Crippen molar-refractivity contribution in [2.75, 3.05) is 0 Å². The van der Waals surface area contributed by atoms with Crippen LogP contribution in [-0.4, -0.2) is 22.4 Å². The molecule has 0 unspecified atom stereocenters. The maximum atomic E-state index is 10.1. The zero-order valence-electron chi connectivity index (χ0n) is 13.4. The molecule has 2 heteroatoms. The molecule has 0 saturated carbocycles. The molecular formula is C18H34O2. The first-order chi connectivity index (χ1) is 9.60. The predicted molar refractivity (Wildman–Crippen MR) is 87.7 cm³/mol. The second-order valence-corrected chi connectivity index (χ2v) is 5.80. The summed E-state index contributed by atoms with van der Waals surface area (Å²) in [5.41, 5.74) is 0. The standard InChI is InChI=1S/C18H34O2/c1-5-9-11-17(19)15(7-3)13-14-16(8-4)18(20)12-10-6-2/h7-8,15-20H,3-6,9-14H2,1-2H3/t15-,16+,17+,18-. The van der Waals surface area contributed by atoms with Gasteiger partial charge in [0, 0.05) is 11.8 Å². The molecule has 0 aliphatic heterocycles. The highest BCUT2D eigenvalue weighted by atomic mass is 16.3. The summed E-state index contributed by atoms with van der Waals surface area (Å²) in [7, 11) is 0. The first-order valence-corrected chi connectivity index (χ1v) is 8.21. The summed E-state index contributed by atoms with van der Waals surface area (Å²) in [6.45, 7) is 11.9.